The van der Waals surface area contributed by atoms with E-state index in [0.717, 1.165) is 26.9 Å². The van der Waals surface area contributed by atoms with E-state index in [1.807, 2.05) is 24.3 Å². The summed E-state index contributed by atoms with van der Waals surface area (Å²) in [5, 5.41) is 12.4. The molecule has 0 saturated heterocycles. The Morgan fingerprint density at radius 3 is 2.96 bits per heavy atom. The van der Waals surface area contributed by atoms with E-state index in [1.54, 1.807) is 24.2 Å². The van der Waals surface area contributed by atoms with Crippen molar-refractivity contribution >= 4 is 33.5 Å². The molecular weight excluding hydrogens is 334 g/mol. The molecule has 0 N–H and O–H groups in total. The maximum atomic E-state index is 12.0. The molecule has 0 bridgehead atoms. The van der Waals surface area contributed by atoms with Crippen molar-refractivity contribution < 1.29 is 4.42 Å². The number of rotatable bonds is 4. The molecule has 0 unspecified atom stereocenters. The molecule has 0 radical (unpaired) electrons. The van der Waals surface area contributed by atoms with Crippen molar-refractivity contribution in [2.45, 2.75) is 29.8 Å². The quantitative estimate of drug-likeness (QED) is 0.314. The number of nitrogens with zero attached hydrogens (tertiary/aromatic N) is 3. The highest BCUT2D eigenvalue weighted by Crippen LogP contribution is 2.38. The van der Waals surface area contributed by atoms with Gasteiger partial charge in [-0.1, -0.05) is 42.1 Å². The first kappa shape index (κ1) is 14.7. The molecule has 0 atom stereocenters. The van der Waals surface area contributed by atoms with Crippen LogP contribution in [0.5, 0.6) is 0 Å². The molecule has 5 rings (SSSR count). The number of hydrogen-bond donors (Lipinski definition) is 0. The minimum absolute atomic E-state index is 0.318. The topological polar surface area (TPSA) is 60.9 Å². The Hall–Kier alpha value is -2.60. The van der Waals surface area contributed by atoms with Gasteiger partial charge in [0.15, 0.2) is 5.16 Å². The van der Waals surface area contributed by atoms with Gasteiger partial charge in [0.05, 0.1) is 0 Å². The van der Waals surface area contributed by atoms with Crippen molar-refractivity contribution in [1.82, 2.24) is 14.8 Å². The average Bonchev–Trinajstić information content (AvgIpc) is 3.37. The first-order valence-corrected chi connectivity index (χ1v) is 9.25. The molecule has 6 heteroatoms. The van der Waals surface area contributed by atoms with Gasteiger partial charge < -0.3 is 8.98 Å². The molecule has 1 aliphatic carbocycles. The van der Waals surface area contributed by atoms with Crippen LogP contribution in [0.3, 0.4) is 0 Å². The van der Waals surface area contributed by atoms with Gasteiger partial charge in [0.2, 0.25) is 0 Å². The number of benzene rings is 2. The van der Waals surface area contributed by atoms with E-state index in [-0.39, 0.29) is 5.63 Å². The van der Waals surface area contributed by atoms with E-state index >= 15 is 0 Å². The molecule has 0 spiro atoms. The monoisotopic (exact) mass is 349 g/mol. The Labute approximate surface area is 147 Å². The summed E-state index contributed by atoms with van der Waals surface area (Å²) < 4.78 is 7.56. The van der Waals surface area contributed by atoms with Crippen LogP contribution in [-0.4, -0.2) is 14.8 Å². The normalized spacial score (nSPS) is 14.4. The number of aromatic nitrogens is 3. The molecule has 0 amide bonds. The molecule has 2 aromatic carbocycles. The second-order valence-electron chi connectivity index (χ2n) is 6.29. The SMILES string of the molecule is O=c1cc(CSc2nncn2C2CC2)c2c(ccc3ccccc32)o1. The zero-order chi connectivity index (χ0) is 16.8. The van der Waals surface area contributed by atoms with Gasteiger partial charge in [0.25, 0.3) is 0 Å². The first-order chi connectivity index (χ1) is 12.3. The molecule has 1 saturated carbocycles. The molecule has 1 fully saturated rings. The van der Waals surface area contributed by atoms with Crippen LogP contribution >= 0.6 is 11.8 Å². The zero-order valence-corrected chi connectivity index (χ0v) is 14.2. The van der Waals surface area contributed by atoms with E-state index < -0.39 is 0 Å². The molecule has 2 heterocycles. The predicted molar refractivity (Wildman–Crippen MR) is 97.8 cm³/mol. The van der Waals surface area contributed by atoms with Gasteiger partial charge in [0.1, 0.15) is 11.9 Å². The summed E-state index contributed by atoms with van der Waals surface area (Å²) >= 11 is 1.62. The summed E-state index contributed by atoms with van der Waals surface area (Å²) in [7, 11) is 0. The fraction of sp³-hybridized carbons (Fsp3) is 0.211. The van der Waals surface area contributed by atoms with E-state index in [4.69, 9.17) is 4.42 Å². The Morgan fingerprint density at radius 2 is 2.08 bits per heavy atom. The van der Waals surface area contributed by atoms with Crippen LogP contribution in [0.2, 0.25) is 0 Å². The maximum Gasteiger partial charge on any atom is 0.336 e. The molecular formula is C19H15N3O2S. The number of thioether (sulfide) groups is 1. The minimum Gasteiger partial charge on any atom is -0.423 e. The van der Waals surface area contributed by atoms with Crippen LogP contribution in [0.1, 0.15) is 24.4 Å². The summed E-state index contributed by atoms with van der Waals surface area (Å²) in [6.07, 6.45) is 4.18. The van der Waals surface area contributed by atoms with Gasteiger partial charge >= 0.3 is 5.63 Å². The second-order valence-corrected chi connectivity index (χ2v) is 7.23. The lowest BCUT2D eigenvalue weighted by atomic mass is 10.0. The largest absolute Gasteiger partial charge is 0.423 e. The van der Waals surface area contributed by atoms with Gasteiger partial charge in [-0.2, -0.15) is 0 Å². The van der Waals surface area contributed by atoms with Crippen LogP contribution in [-0.2, 0) is 5.75 Å². The summed E-state index contributed by atoms with van der Waals surface area (Å²) in [6.45, 7) is 0. The summed E-state index contributed by atoms with van der Waals surface area (Å²) in [4.78, 5) is 12.0. The Bertz CT molecular complexity index is 1140. The van der Waals surface area contributed by atoms with Crippen molar-refractivity contribution in [2.24, 2.45) is 0 Å². The standard InChI is InChI=1S/C19H15N3O2S/c23-17-9-13(10-25-19-21-20-11-22(19)14-6-7-14)18-15-4-2-1-3-12(15)5-8-16(18)24-17/h1-5,8-9,11,14H,6-7,10H2. The van der Waals surface area contributed by atoms with E-state index in [9.17, 15) is 4.79 Å². The highest BCUT2D eigenvalue weighted by atomic mass is 32.2. The smallest absolute Gasteiger partial charge is 0.336 e. The lowest BCUT2D eigenvalue weighted by Crippen LogP contribution is -2.01. The van der Waals surface area contributed by atoms with Crippen molar-refractivity contribution in [3.05, 3.63) is 64.8 Å². The average molecular weight is 349 g/mol. The van der Waals surface area contributed by atoms with Crippen LogP contribution in [0.15, 0.2) is 63.2 Å². The molecule has 0 aliphatic heterocycles. The fourth-order valence-electron chi connectivity index (χ4n) is 3.21. The van der Waals surface area contributed by atoms with Gasteiger partial charge in [-0.25, -0.2) is 4.79 Å². The Kier molecular flexibility index (Phi) is 3.38. The summed E-state index contributed by atoms with van der Waals surface area (Å²) in [6, 6.07) is 14.2. The van der Waals surface area contributed by atoms with E-state index in [1.165, 1.54) is 12.8 Å². The van der Waals surface area contributed by atoms with Gasteiger partial charge in [0, 0.05) is 23.2 Å². The Balaban J connectivity index is 1.60. The third-order valence-electron chi connectivity index (χ3n) is 4.55. The van der Waals surface area contributed by atoms with Crippen molar-refractivity contribution in [3.8, 4) is 0 Å². The molecule has 4 aromatic rings. The fourth-order valence-corrected chi connectivity index (χ4v) is 4.18. The van der Waals surface area contributed by atoms with Crippen LogP contribution in [0, 0.1) is 0 Å². The molecule has 124 valence electrons. The minimum atomic E-state index is -0.318. The van der Waals surface area contributed by atoms with Gasteiger partial charge in [-0.3, -0.25) is 0 Å². The third-order valence-corrected chi connectivity index (χ3v) is 5.56. The van der Waals surface area contributed by atoms with Crippen molar-refractivity contribution in [1.29, 1.82) is 0 Å². The Morgan fingerprint density at radius 1 is 1.20 bits per heavy atom. The summed E-state index contributed by atoms with van der Waals surface area (Å²) in [5.74, 6) is 0.654. The van der Waals surface area contributed by atoms with Gasteiger partial charge in [-0.15, -0.1) is 10.2 Å². The molecule has 5 nitrogen and oxygen atoms in total. The molecule has 2 aromatic heterocycles. The molecule has 1 aliphatic rings. The summed E-state index contributed by atoms with van der Waals surface area (Å²) in [5.41, 5.74) is 1.28. The van der Waals surface area contributed by atoms with E-state index in [2.05, 4.69) is 26.9 Å². The highest BCUT2D eigenvalue weighted by molar-refractivity contribution is 7.98. The highest BCUT2D eigenvalue weighted by Gasteiger charge is 2.26. The number of hydrogen-bond acceptors (Lipinski definition) is 5. The maximum absolute atomic E-state index is 12.0. The second kappa shape index (κ2) is 5.74. The third kappa shape index (κ3) is 2.62. The molecule has 25 heavy (non-hydrogen) atoms. The lowest BCUT2D eigenvalue weighted by molar-refractivity contribution is 0.560. The van der Waals surface area contributed by atoms with E-state index in [0.29, 0.717) is 17.4 Å². The van der Waals surface area contributed by atoms with Crippen LogP contribution < -0.4 is 5.63 Å². The zero-order valence-electron chi connectivity index (χ0n) is 13.4. The van der Waals surface area contributed by atoms with Crippen LogP contribution in [0.4, 0.5) is 0 Å². The predicted octanol–water partition coefficient (Wildman–Crippen LogP) is 4.16. The number of fused-ring (bicyclic) bond motifs is 3. The first-order valence-electron chi connectivity index (χ1n) is 8.26. The van der Waals surface area contributed by atoms with Crippen molar-refractivity contribution in [2.75, 3.05) is 0 Å². The van der Waals surface area contributed by atoms with Gasteiger partial charge in [-0.05, 0) is 35.2 Å². The van der Waals surface area contributed by atoms with Crippen molar-refractivity contribution in [3.63, 3.8) is 0 Å². The lowest BCUT2D eigenvalue weighted by Gasteiger charge is -2.09. The van der Waals surface area contributed by atoms with Crippen LogP contribution in [0.25, 0.3) is 21.7 Å².